The standard InChI is InChI=1S/C10H23N3O/c1-8(2)9(11)10(14)13(4)7-5-6-12-3/h8-9,12H,5-7,11H2,1-4H3/t9-/m1/s1. The summed E-state index contributed by atoms with van der Waals surface area (Å²) in [5.74, 6) is 0.241. The van der Waals surface area contributed by atoms with Gasteiger partial charge in [-0.2, -0.15) is 0 Å². The van der Waals surface area contributed by atoms with Gasteiger partial charge < -0.3 is 16.0 Å². The van der Waals surface area contributed by atoms with Gasteiger partial charge in [-0.1, -0.05) is 13.8 Å². The molecule has 3 N–H and O–H groups in total. The molecule has 0 saturated heterocycles. The molecule has 0 aromatic rings. The van der Waals surface area contributed by atoms with Gasteiger partial charge in [-0.15, -0.1) is 0 Å². The van der Waals surface area contributed by atoms with Crippen LogP contribution in [0.25, 0.3) is 0 Å². The van der Waals surface area contributed by atoms with Crippen molar-refractivity contribution >= 4 is 5.91 Å². The largest absolute Gasteiger partial charge is 0.344 e. The third-order valence-electron chi connectivity index (χ3n) is 2.30. The second-order valence-corrected chi connectivity index (χ2v) is 3.99. The molecule has 1 amide bonds. The van der Waals surface area contributed by atoms with Crippen molar-refractivity contribution < 1.29 is 4.79 Å². The lowest BCUT2D eigenvalue weighted by molar-refractivity contribution is -0.132. The number of amides is 1. The first-order valence-electron chi connectivity index (χ1n) is 5.15. The summed E-state index contributed by atoms with van der Waals surface area (Å²) in [7, 11) is 3.71. The van der Waals surface area contributed by atoms with Crippen molar-refractivity contribution in [2.24, 2.45) is 11.7 Å². The van der Waals surface area contributed by atoms with E-state index in [0.29, 0.717) is 0 Å². The topological polar surface area (TPSA) is 58.4 Å². The van der Waals surface area contributed by atoms with E-state index >= 15 is 0 Å². The highest BCUT2D eigenvalue weighted by Crippen LogP contribution is 2.02. The van der Waals surface area contributed by atoms with Crippen LogP contribution in [0.5, 0.6) is 0 Å². The fourth-order valence-electron chi connectivity index (χ4n) is 1.14. The molecule has 14 heavy (non-hydrogen) atoms. The van der Waals surface area contributed by atoms with Gasteiger partial charge in [0.05, 0.1) is 6.04 Å². The number of nitrogens with two attached hydrogens (primary N) is 1. The summed E-state index contributed by atoms with van der Waals surface area (Å²) in [6.45, 7) is 5.61. The van der Waals surface area contributed by atoms with Crippen LogP contribution in [0.2, 0.25) is 0 Å². The van der Waals surface area contributed by atoms with Gasteiger partial charge in [0, 0.05) is 13.6 Å². The summed E-state index contributed by atoms with van der Waals surface area (Å²) in [6, 6.07) is -0.366. The van der Waals surface area contributed by atoms with E-state index in [0.717, 1.165) is 19.5 Å². The molecule has 0 bridgehead atoms. The minimum absolute atomic E-state index is 0.0381. The summed E-state index contributed by atoms with van der Waals surface area (Å²) < 4.78 is 0. The Morgan fingerprint density at radius 2 is 2.07 bits per heavy atom. The molecule has 4 heteroatoms. The van der Waals surface area contributed by atoms with Crippen LogP contribution in [-0.4, -0.2) is 44.0 Å². The molecule has 4 nitrogen and oxygen atoms in total. The lowest BCUT2D eigenvalue weighted by Crippen LogP contribution is -2.45. The Hall–Kier alpha value is -0.610. The molecule has 1 atom stereocenters. The Kier molecular flexibility index (Phi) is 6.49. The second kappa shape index (κ2) is 6.79. The molecular weight excluding hydrogens is 178 g/mol. The number of nitrogens with one attached hydrogen (secondary N) is 1. The van der Waals surface area contributed by atoms with Gasteiger partial charge in [0.25, 0.3) is 0 Å². The van der Waals surface area contributed by atoms with Crippen LogP contribution in [0.1, 0.15) is 20.3 Å². The summed E-state index contributed by atoms with van der Waals surface area (Å²) in [5.41, 5.74) is 5.76. The number of rotatable bonds is 6. The van der Waals surface area contributed by atoms with Gasteiger partial charge in [0.15, 0.2) is 0 Å². The van der Waals surface area contributed by atoms with E-state index in [1.807, 2.05) is 20.9 Å². The number of nitrogens with zero attached hydrogens (tertiary/aromatic N) is 1. The maximum atomic E-state index is 11.7. The maximum Gasteiger partial charge on any atom is 0.239 e. The van der Waals surface area contributed by atoms with Crippen molar-refractivity contribution in [1.82, 2.24) is 10.2 Å². The van der Waals surface area contributed by atoms with Crippen LogP contribution in [0.3, 0.4) is 0 Å². The van der Waals surface area contributed by atoms with E-state index in [-0.39, 0.29) is 17.9 Å². The third-order valence-corrected chi connectivity index (χ3v) is 2.30. The monoisotopic (exact) mass is 201 g/mol. The van der Waals surface area contributed by atoms with E-state index in [1.165, 1.54) is 0 Å². The molecule has 0 saturated carbocycles. The summed E-state index contributed by atoms with van der Waals surface area (Å²) in [4.78, 5) is 13.4. The van der Waals surface area contributed by atoms with Crippen LogP contribution in [0, 0.1) is 5.92 Å². The van der Waals surface area contributed by atoms with E-state index in [9.17, 15) is 4.79 Å². The van der Waals surface area contributed by atoms with Crippen molar-refractivity contribution in [3.63, 3.8) is 0 Å². The summed E-state index contributed by atoms with van der Waals surface area (Å²) in [6.07, 6.45) is 0.962. The zero-order valence-electron chi connectivity index (χ0n) is 9.71. The number of hydrogen-bond acceptors (Lipinski definition) is 3. The van der Waals surface area contributed by atoms with Crippen LogP contribution >= 0.6 is 0 Å². The Balaban J connectivity index is 3.86. The van der Waals surface area contributed by atoms with Gasteiger partial charge in [-0.25, -0.2) is 0 Å². The number of carbonyl (C=O) groups is 1. The average molecular weight is 201 g/mol. The minimum Gasteiger partial charge on any atom is -0.344 e. The van der Waals surface area contributed by atoms with Gasteiger partial charge in [-0.3, -0.25) is 4.79 Å². The average Bonchev–Trinajstić information content (AvgIpc) is 2.15. The number of hydrogen-bond donors (Lipinski definition) is 2. The van der Waals surface area contributed by atoms with Crippen molar-refractivity contribution in [2.45, 2.75) is 26.3 Å². The zero-order valence-corrected chi connectivity index (χ0v) is 9.71. The second-order valence-electron chi connectivity index (χ2n) is 3.99. The predicted molar refractivity (Wildman–Crippen MR) is 59.0 cm³/mol. The normalized spacial score (nSPS) is 13.0. The Bertz CT molecular complexity index is 171. The molecule has 0 radical (unpaired) electrons. The van der Waals surface area contributed by atoms with Gasteiger partial charge in [0.2, 0.25) is 5.91 Å². The van der Waals surface area contributed by atoms with E-state index < -0.39 is 0 Å². The fraction of sp³-hybridized carbons (Fsp3) is 0.900. The van der Waals surface area contributed by atoms with Gasteiger partial charge in [0.1, 0.15) is 0 Å². The molecule has 0 aromatic heterocycles. The molecule has 0 aliphatic rings. The first kappa shape index (κ1) is 13.4. The van der Waals surface area contributed by atoms with E-state index in [4.69, 9.17) is 5.73 Å². The summed E-state index contributed by atoms with van der Waals surface area (Å²) >= 11 is 0. The molecule has 0 aliphatic heterocycles. The number of likely N-dealkylation sites (N-methyl/N-ethyl adjacent to an activating group) is 1. The Morgan fingerprint density at radius 1 is 1.50 bits per heavy atom. The highest BCUT2D eigenvalue weighted by Gasteiger charge is 2.20. The molecule has 84 valence electrons. The quantitative estimate of drug-likeness (QED) is 0.596. The minimum atomic E-state index is -0.366. The lowest BCUT2D eigenvalue weighted by atomic mass is 10.0. The highest BCUT2D eigenvalue weighted by atomic mass is 16.2. The Labute approximate surface area is 86.8 Å². The SMILES string of the molecule is CNCCCN(C)C(=O)[C@H](N)C(C)C. The molecule has 0 aliphatic carbocycles. The van der Waals surface area contributed by atoms with Crippen molar-refractivity contribution in [2.75, 3.05) is 27.2 Å². The molecule has 0 heterocycles. The first-order chi connectivity index (χ1) is 6.50. The maximum absolute atomic E-state index is 11.7. The fourth-order valence-corrected chi connectivity index (χ4v) is 1.14. The van der Waals surface area contributed by atoms with Crippen molar-refractivity contribution in [3.05, 3.63) is 0 Å². The third kappa shape index (κ3) is 4.58. The first-order valence-corrected chi connectivity index (χ1v) is 5.15. The molecule has 0 rings (SSSR count). The van der Waals surface area contributed by atoms with Crippen molar-refractivity contribution in [1.29, 1.82) is 0 Å². The predicted octanol–water partition coefficient (Wildman–Crippen LogP) is 0.0376. The van der Waals surface area contributed by atoms with Gasteiger partial charge >= 0.3 is 0 Å². The van der Waals surface area contributed by atoms with Gasteiger partial charge in [-0.05, 0) is 25.9 Å². The molecule has 0 unspecified atom stereocenters. The molecule has 0 aromatic carbocycles. The highest BCUT2D eigenvalue weighted by molar-refractivity contribution is 5.81. The molecular formula is C10H23N3O. The van der Waals surface area contributed by atoms with Crippen molar-refractivity contribution in [3.8, 4) is 0 Å². The van der Waals surface area contributed by atoms with Crippen LogP contribution in [-0.2, 0) is 4.79 Å². The molecule has 0 fully saturated rings. The smallest absolute Gasteiger partial charge is 0.239 e. The van der Waals surface area contributed by atoms with E-state index in [2.05, 4.69) is 5.32 Å². The van der Waals surface area contributed by atoms with Crippen LogP contribution in [0.4, 0.5) is 0 Å². The molecule has 0 spiro atoms. The van der Waals surface area contributed by atoms with Crippen LogP contribution in [0.15, 0.2) is 0 Å². The lowest BCUT2D eigenvalue weighted by Gasteiger charge is -2.23. The Morgan fingerprint density at radius 3 is 2.50 bits per heavy atom. The van der Waals surface area contributed by atoms with E-state index in [1.54, 1.807) is 11.9 Å². The van der Waals surface area contributed by atoms with Crippen LogP contribution < -0.4 is 11.1 Å². The number of carbonyl (C=O) groups excluding carboxylic acids is 1. The zero-order chi connectivity index (χ0) is 11.1. The summed E-state index contributed by atoms with van der Waals surface area (Å²) in [5, 5.41) is 3.04.